The van der Waals surface area contributed by atoms with Gasteiger partial charge in [0.05, 0.1) is 23.1 Å². The van der Waals surface area contributed by atoms with Crippen LogP contribution in [0.5, 0.6) is 0 Å². The van der Waals surface area contributed by atoms with E-state index in [9.17, 15) is 14.4 Å². The third-order valence-electron chi connectivity index (χ3n) is 3.73. The molecule has 0 unspecified atom stereocenters. The molecule has 28 heavy (non-hydrogen) atoms. The number of thiocarbonyl (C=S) groups is 1. The second kappa shape index (κ2) is 8.81. The average Bonchev–Trinajstić information content (AvgIpc) is 2.96. The second-order valence-electron chi connectivity index (χ2n) is 5.92. The molecule has 0 saturated carbocycles. The lowest BCUT2D eigenvalue weighted by atomic mass is 10.1. The molecule has 0 aliphatic carbocycles. The summed E-state index contributed by atoms with van der Waals surface area (Å²) in [5, 5.41) is 15.3. The highest BCUT2D eigenvalue weighted by Gasteiger charge is 2.26. The van der Waals surface area contributed by atoms with Crippen LogP contribution in [0.3, 0.4) is 0 Å². The van der Waals surface area contributed by atoms with Crippen molar-refractivity contribution in [2.45, 2.75) is 6.92 Å². The fraction of sp³-hybridized carbons (Fsp3) is 0.222. The lowest BCUT2D eigenvalue weighted by molar-refractivity contribution is 0.0600. The van der Waals surface area contributed by atoms with Gasteiger partial charge in [0.1, 0.15) is 5.00 Å². The number of nitrogens with one attached hydrogen (secondary N) is 2. The number of carbonyl (C=O) groups excluding carboxylic acids is 2. The number of carboxylic acid groups (broad SMARTS) is 1. The molecule has 3 N–H and O–H groups in total. The van der Waals surface area contributed by atoms with Gasteiger partial charge in [-0.2, -0.15) is 0 Å². The Morgan fingerprint density at radius 3 is 2.46 bits per heavy atom. The van der Waals surface area contributed by atoms with Crippen LogP contribution in [0.2, 0.25) is 0 Å². The molecule has 10 heteroatoms. The van der Waals surface area contributed by atoms with Crippen molar-refractivity contribution >= 4 is 57.2 Å². The van der Waals surface area contributed by atoms with Crippen molar-refractivity contribution in [2.75, 3.05) is 31.8 Å². The highest BCUT2D eigenvalue weighted by molar-refractivity contribution is 7.80. The summed E-state index contributed by atoms with van der Waals surface area (Å²) in [6.45, 7) is 1.66. The van der Waals surface area contributed by atoms with Gasteiger partial charge >= 0.3 is 11.9 Å². The maximum atomic E-state index is 12.4. The van der Waals surface area contributed by atoms with Crippen LogP contribution in [0, 0.1) is 6.92 Å². The molecule has 8 nitrogen and oxygen atoms in total. The number of anilines is 2. The molecular formula is C18H19N3O5S2. The predicted molar refractivity (Wildman–Crippen MR) is 112 cm³/mol. The average molecular weight is 422 g/mol. The van der Waals surface area contributed by atoms with Crippen LogP contribution >= 0.6 is 23.6 Å². The number of carbonyl (C=O) groups is 3. The molecule has 0 radical (unpaired) electrons. The van der Waals surface area contributed by atoms with E-state index in [0.717, 1.165) is 11.3 Å². The number of benzene rings is 1. The largest absolute Gasteiger partial charge is 0.478 e. The van der Waals surface area contributed by atoms with E-state index in [-0.39, 0.29) is 22.1 Å². The fourth-order valence-corrected chi connectivity index (χ4v) is 3.86. The minimum absolute atomic E-state index is 0.105. The van der Waals surface area contributed by atoms with E-state index in [1.54, 1.807) is 33.2 Å². The summed E-state index contributed by atoms with van der Waals surface area (Å²) in [5.41, 5.74) is 1.29. The zero-order valence-electron chi connectivity index (χ0n) is 15.7. The fourth-order valence-electron chi connectivity index (χ4n) is 2.35. The zero-order chi connectivity index (χ0) is 21.0. The minimum atomic E-state index is -1.06. The Balaban J connectivity index is 2.31. The van der Waals surface area contributed by atoms with E-state index in [1.165, 1.54) is 24.1 Å². The van der Waals surface area contributed by atoms with Gasteiger partial charge in [0.2, 0.25) is 0 Å². The molecule has 1 aromatic heterocycles. The van der Waals surface area contributed by atoms with Crippen molar-refractivity contribution in [1.29, 1.82) is 0 Å². The molecule has 0 aliphatic heterocycles. The van der Waals surface area contributed by atoms with Gasteiger partial charge in [0, 0.05) is 19.8 Å². The summed E-state index contributed by atoms with van der Waals surface area (Å²) in [7, 11) is 4.49. The molecule has 0 atom stereocenters. The first-order chi connectivity index (χ1) is 13.1. The van der Waals surface area contributed by atoms with E-state index in [1.807, 2.05) is 0 Å². The molecule has 0 aliphatic rings. The normalized spacial score (nSPS) is 10.1. The molecule has 0 bridgehead atoms. The molecule has 1 heterocycles. The second-order valence-corrected chi connectivity index (χ2v) is 7.35. The van der Waals surface area contributed by atoms with E-state index >= 15 is 0 Å². The molecule has 0 saturated heterocycles. The monoisotopic (exact) mass is 421 g/mol. The Hall–Kier alpha value is -2.98. The lowest BCUT2D eigenvalue weighted by Crippen LogP contribution is -2.21. The number of rotatable bonds is 5. The van der Waals surface area contributed by atoms with Gasteiger partial charge in [-0.05, 0) is 42.9 Å². The van der Waals surface area contributed by atoms with Gasteiger partial charge in [-0.1, -0.05) is 6.07 Å². The number of esters is 1. The Morgan fingerprint density at radius 2 is 1.89 bits per heavy atom. The maximum absolute atomic E-state index is 12.4. The van der Waals surface area contributed by atoms with Crippen molar-refractivity contribution in [3.05, 3.63) is 45.8 Å². The van der Waals surface area contributed by atoms with E-state index < -0.39 is 11.9 Å². The van der Waals surface area contributed by atoms with Gasteiger partial charge in [-0.15, -0.1) is 11.3 Å². The number of amides is 1. The van der Waals surface area contributed by atoms with Crippen LogP contribution in [-0.4, -0.2) is 54.2 Å². The first-order valence-corrected chi connectivity index (χ1v) is 9.22. The van der Waals surface area contributed by atoms with Gasteiger partial charge in [-0.25, -0.2) is 9.59 Å². The number of aromatic carboxylic acids is 1. The van der Waals surface area contributed by atoms with Gasteiger partial charge in [0.25, 0.3) is 5.91 Å². The first-order valence-electron chi connectivity index (χ1n) is 8.00. The Kier molecular flexibility index (Phi) is 6.71. The van der Waals surface area contributed by atoms with Crippen LogP contribution in [0.25, 0.3) is 0 Å². The summed E-state index contributed by atoms with van der Waals surface area (Å²) >= 11 is 6.36. The standard InChI is InChI=1S/C18H19N3O5S2/c1-9-12(17(25)26-4)14(28-13(9)15(22)21(2)3)20-18(27)19-11-7-5-6-10(8-11)16(23)24/h5-8H,1-4H3,(H,23,24)(H2,19,20,27). The van der Waals surface area contributed by atoms with Crippen LogP contribution in [-0.2, 0) is 4.74 Å². The van der Waals surface area contributed by atoms with Crippen LogP contribution in [0.4, 0.5) is 10.7 Å². The Bertz CT molecular complexity index is 953. The number of nitrogens with zero attached hydrogens (tertiary/aromatic N) is 1. The van der Waals surface area contributed by atoms with Crippen molar-refractivity contribution in [1.82, 2.24) is 4.90 Å². The van der Waals surface area contributed by atoms with E-state index in [2.05, 4.69) is 10.6 Å². The Morgan fingerprint density at radius 1 is 1.21 bits per heavy atom. The number of methoxy groups -OCH3 is 1. The number of carboxylic acids is 1. The van der Waals surface area contributed by atoms with E-state index in [0.29, 0.717) is 21.1 Å². The number of ether oxygens (including phenoxy) is 1. The molecular weight excluding hydrogens is 402 g/mol. The minimum Gasteiger partial charge on any atom is -0.478 e. The molecule has 2 rings (SSSR count). The molecule has 1 aromatic carbocycles. The maximum Gasteiger partial charge on any atom is 0.341 e. The molecule has 0 spiro atoms. The summed E-state index contributed by atoms with van der Waals surface area (Å²) < 4.78 is 4.83. The molecule has 148 valence electrons. The Labute approximate surface area is 171 Å². The van der Waals surface area contributed by atoms with Crippen molar-refractivity contribution in [3.8, 4) is 0 Å². The molecule has 0 fully saturated rings. The number of hydrogen-bond acceptors (Lipinski definition) is 6. The van der Waals surface area contributed by atoms with Gasteiger partial charge in [-0.3, -0.25) is 4.79 Å². The molecule has 2 aromatic rings. The summed E-state index contributed by atoms with van der Waals surface area (Å²) in [6.07, 6.45) is 0. The molecule has 1 amide bonds. The van der Waals surface area contributed by atoms with E-state index in [4.69, 9.17) is 22.1 Å². The zero-order valence-corrected chi connectivity index (χ0v) is 17.3. The van der Waals surface area contributed by atoms with Crippen molar-refractivity contribution < 1.29 is 24.2 Å². The third-order valence-corrected chi connectivity index (χ3v) is 5.13. The van der Waals surface area contributed by atoms with Crippen molar-refractivity contribution in [2.24, 2.45) is 0 Å². The van der Waals surface area contributed by atoms with Gasteiger partial charge < -0.3 is 25.4 Å². The number of hydrogen-bond donors (Lipinski definition) is 3. The number of thiophene rings is 1. The smallest absolute Gasteiger partial charge is 0.341 e. The predicted octanol–water partition coefficient (Wildman–Crippen LogP) is 3.05. The van der Waals surface area contributed by atoms with Gasteiger partial charge in [0.15, 0.2) is 5.11 Å². The first kappa shape index (κ1) is 21.3. The van der Waals surface area contributed by atoms with Crippen molar-refractivity contribution in [3.63, 3.8) is 0 Å². The highest BCUT2D eigenvalue weighted by atomic mass is 32.1. The summed E-state index contributed by atoms with van der Waals surface area (Å²) in [6, 6.07) is 6.12. The summed E-state index contributed by atoms with van der Waals surface area (Å²) in [4.78, 5) is 37.5. The summed E-state index contributed by atoms with van der Waals surface area (Å²) in [5.74, 6) is -1.89. The van der Waals surface area contributed by atoms with Crippen LogP contribution in [0.15, 0.2) is 24.3 Å². The topological polar surface area (TPSA) is 108 Å². The lowest BCUT2D eigenvalue weighted by Gasteiger charge is -2.11. The van der Waals surface area contributed by atoms with Crippen LogP contribution in [0.1, 0.15) is 36.0 Å². The highest BCUT2D eigenvalue weighted by Crippen LogP contribution is 2.34. The third kappa shape index (κ3) is 4.65. The SMILES string of the molecule is COC(=O)c1c(NC(=S)Nc2cccc(C(=O)O)c2)sc(C(=O)N(C)C)c1C. The quantitative estimate of drug-likeness (QED) is 0.499. The van der Waals surface area contributed by atoms with Crippen LogP contribution < -0.4 is 10.6 Å².